The minimum atomic E-state index is -1.75. The maximum atomic E-state index is 8.25. The van der Waals surface area contributed by atoms with Crippen molar-refractivity contribution in [1.82, 2.24) is 0 Å². The Hall–Kier alpha value is -2.65. The first-order valence-electron chi connectivity index (χ1n) is 10.2. The van der Waals surface area contributed by atoms with E-state index in [0.717, 1.165) is 0 Å². The molecule has 0 saturated carbocycles. The average Bonchev–Trinajstić information content (AvgIpc) is 3.30. The quantitative estimate of drug-likeness (QED) is 0.208. The topological polar surface area (TPSA) is 132 Å². The van der Waals surface area contributed by atoms with Gasteiger partial charge in [-0.15, -0.1) is 0 Å². The third-order valence-corrected chi connectivity index (χ3v) is 9.92. The van der Waals surface area contributed by atoms with Crippen molar-refractivity contribution in [3.05, 3.63) is 137 Å². The van der Waals surface area contributed by atoms with Gasteiger partial charge in [-0.3, -0.25) is 0 Å². The molecule has 0 aliphatic carbocycles. The van der Waals surface area contributed by atoms with E-state index in [1.165, 1.54) is 32.9 Å². The maximum absolute atomic E-state index is 8.25. The molecule has 0 amide bonds. The second-order valence-electron chi connectivity index (χ2n) is 7.40. The molecule has 2 aliphatic rings. The van der Waals surface area contributed by atoms with E-state index in [2.05, 4.69) is 112 Å². The summed E-state index contributed by atoms with van der Waals surface area (Å²) >= 11 is 0. The van der Waals surface area contributed by atoms with Gasteiger partial charge in [0, 0.05) is 0 Å². The Morgan fingerprint density at radius 1 is 0.514 bits per heavy atom. The molecule has 2 heterocycles. The Bertz CT molecular complexity index is 958. The molecule has 0 N–H and O–H groups in total. The Kier molecular flexibility index (Phi) is 15.6. The zero-order valence-electron chi connectivity index (χ0n) is 19.7. The number of benzene rings is 2. The summed E-state index contributed by atoms with van der Waals surface area (Å²) < 4.78 is 0. The van der Waals surface area contributed by atoms with Crippen molar-refractivity contribution < 1.29 is 31.2 Å². The molecular formula is C24H28N2O6P2Pt+2. The molecule has 0 spiro atoms. The zero-order valence-corrected chi connectivity index (χ0v) is 24.0. The molecular weight excluding hydrogens is 669 g/mol. The molecule has 0 unspecified atom stereocenters. The molecule has 188 valence electrons. The van der Waals surface area contributed by atoms with Crippen molar-refractivity contribution in [3.63, 3.8) is 0 Å². The second kappa shape index (κ2) is 16.9. The standard InChI is InChI=1S/2C12H13P.2NO3.Pt/c2*1-10-8-13(9-11(10)2)12-6-4-3-5-7-12;2*2-1(3)4;/h2*3-9H,1-2H3;;;/q;;2*-1;+2/p+2. The van der Waals surface area contributed by atoms with Gasteiger partial charge in [0.25, 0.3) is 0 Å². The van der Waals surface area contributed by atoms with E-state index >= 15 is 0 Å². The number of hydrogen-bond acceptors (Lipinski definition) is 6. The van der Waals surface area contributed by atoms with E-state index < -0.39 is 26.0 Å². The number of rotatable bonds is 2. The monoisotopic (exact) mass is 697 g/mol. The van der Waals surface area contributed by atoms with Crippen LogP contribution in [0.1, 0.15) is 27.7 Å². The van der Waals surface area contributed by atoms with Crippen LogP contribution in [0.3, 0.4) is 0 Å². The van der Waals surface area contributed by atoms with Crippen molar-refractivity contribution in [2.24, 2.45) is 0 Å². The van der Waals surface area contributed by atoms with Crippen molar-refractivity contribution in [2.75, 3.05) is 0 Å². The van der Waals surface area contributed by atoms with Crippen LogP contribution in [0.25, 0.3) is 0 Å². The summed E-state index contributed by atoms with van der Waals surface area (Å²) in [5.74, 6) is 9.70. The predicted molar refractivity (Wildman–Crippen MR) is 145 cm³/mol. The van der Waals surface area contributed by atoms with Crippen molar-refractivity contribution >= 4 is 26.5 Å². The fourth-order valence-corrected chi connectivity index (χ4v) is 7.83. The Morgan fingerprint density at radius 2 is 0.714 bits per heavy atom. The first-order valence-corrected chi connectivity index (χ1v) is 13.5. The van der Waals surface area contributed by atoms with Gasteiger partial charge < -0.3 is 30.6 Å². The predicted octanol–water partition coefficient (Wildman–Crippen LogP) is 6.21. The Morgan fingerprint density at radius 3 is 0.914 bits per heavy atom. The van der Waals surface area contributed by atoms with E-state index in [1.807, 2.05) is 0 Å². The van der Waals surface area contributed by atoms with Gasteiger partial charge in [0.05, 0.1) is 49.3 Å². The zero-order chi connectivity index (χ0) is 25.7. The number of nitrogens with zero attached hydrogens (tertiary/aromatic N) is 2. The first kappa shape index (κ1) is 32.3. The molecule has 0 saturated heterocycles. The minimum absolute atomic E-state index is 0. The molecule has 2 aliphatic heterocycles. The third-order valence-electron chi connectivity index (χ3n) is 4.95. The van der Waals surface area contributed by atoms with Gasteiger partial charge >= 0.3 is 21.1 Å². The summed E-state index contributed by atoms with van der Waals surface area (Å²) in [4.78, 5) is 16.5. The van der Waals surface area contributed by atoms with Crippen molar-refractivity contribution in [3.8, 4) is 0 Å². The fourth-order valence-electron chi connectivity index (χ4n) is 3.07. The van der Waals surface area contributed by atoms with Gasteiger partial charge in [0.15, 0.2) is 0 Å². The van der Waals surface area contributed by atoms with E-state index in [9.17, 15) is 0 Å². The molecule has 8 nitrogen and oxygen atoms in total. The third kappa shape index (κ3) is 13.1. The molecule has 2 aromatic rings. The average molecular weight is 698 g/mol. The van der Waals surface area contributed by atoms with Crippen LogP contribution in [0.2, 0.25) is 0 Å². The molecule has 0 aromatic heterocycles. The number of hydrogen-bond donors (Lipinski definition) is 0. The van der Waals surface area contributed by atoms with Crippen LogP contribution in [0.4, 0.5) is 0 Å². The van der Waals surface area contributed by atoms with Crippen molar-refractivity contribution in [2.45, 2.75) is 27.7 Å². The van der Waals surface area contributed by atoms with Gasteiger partial charge in [-0.1, -0.05) is 36.4 Å². The van der Waals surface area contributed by atoms with E-state index in [0.29, 0.717) is 0 Å². The van der Waals surface area contributed by atoms with Gasteiger partial charge in [-0.05, 0) is 74.3 Å². The number of allylic oxidation sites excluding steroid dienone is 4. The smallest absolute Gasteiger partial charge is 0.356 e. The molecule has 35 heavy (non-hydrogen) atoms. The minimum Gasteiger partial charge on any atom is -0.356 e. The van der Waals surface area contributed by atoms with Crippen LogP contribution in [-0.4, -0.2) is 10.2 Å². The Labute approximate surface area is 221 Å². The molecule has 0 fully saturated rings. The summed E-state index contributed by atoms with van der Waals surface area (Å²) in [5, 5.41) is 32.5. The maximum Gasteiger partial charge on any atom is 2.00 e. The Balaban J connectivity index is 0.000000499. The van der Waals surface area contributed by atoms with Crippen LogP contribution in [0, 0.1) is 30.6 Å². The largest absolute Gasteiger partial charge is 2.00 e. The normalized spacial score (nSPS) is 14.1. The molecule has 2 aromatic carbocycles. The van der Waals surface area contributed by atoms with Crippen LogP contribution in [0.5, 0.6) is 0 Å². The molecule has 0 bridgehead atoms. The SMILES string of the molecule is CC1=C[PH+](c2ccccc2)C=C1C.CC1=C[PH+](c2ccccc2)C=C1C.O=[N+]([O-])[O-].O=[N+]([O-])[O-].[Pt+2]. The van der Waals surface area contributed by atoms with E-state index in [4.69, 9.17) is 30.6 Å². The summed E-state index contributed by atoms with van der Waals surface area (Å²) in [6.07, 6.45) is 0. The van der Waals surface area contributed by atoms with Gasteiger partial charge in [-0.25, -0.2) is 0 Å². The summed E-state index contributed by atoms with van der Waals surface area (Å²) in [7, 11) is -1.02. The molecule has 11 heteroatoms. The summed E-state index contributed by atoms with van der Waals surface area (Å²) in [6, 6.07) is 21.6. The van der Waals surface area contributed by atoms with Crippen LogP contribution < -0.4 is 10.6 Å². The summed E-state index contributed by atoms with van der Waals surface area (Å²) in [5.41, 5.74) is 5.82. The first-order chi connectivity index (χ1) is 16.0. The van der Waals surface area contributed by atoms with Crippen LogP contribution in [-0.2, 0) is 21.1 Å². The van der Waals surface area contributed by atoms with Gasteiger partial charge in [0.2, 0.25) is 0 Å². The van der Waals surface area contributed by atoms with Crippen LogP contribution >= 0.6 is 15.8 Å². The summed E-state index contributed by atoms with van der Waals surface area (Å²) in [6.45, 7) is 8.80. The van der Waals surface area contributed by atoms with Gasteiger partial charge in [0.1, 0.15) is 10.6 Å². The van der Waals surface area contributed by atoms with Gasteiger partial charge in [-0.2, -0.15) is 0 Å². The molecule has 0 atom stereocenters. The molecule has 4 rings (SSSR count). The second-order valence-corrected chi connectivity index (χ2v) is 11.5. The van der Waals surface area contributed by atoms with Crippen molar-refractivity contribution in [1.29, 1.82) is 0 Å². The van der Waals surface area contributed by atoms with E-state index in [1.54, 1.807) is 0 Å². The fraction of sp³-hybridized carbons (Fsp3) is 0.167. The molecule has 0 radical (unpaired) electrons. The van der Waals surface area contributed by atoms with Crippen LogP contribution in [0.15, 0.2) is 106 Å². The van der Waals surface area contributed by atoms with E-state index in [-0.39, 0.29) is 21.1 Å².